The number of hydrogen-bond donors (Lipinski definition) is 3. The van der Waals surface area contributed by atoms with Crippen molar-refractivity contribution in [3.8, 4) is 0 Å². The third-order valence-electron chi connectivity index (χ3n) is 4.84. The zero-order valence-corrected chi connectivity index (χ0v) is 19.3. The molecule has 0 atom stereocenters. The van der Waals surface area contributed by atoms with Crippen LogP contribution in [0.25, 0.3) is 22.1 Å². The van der Waals surface area contributed by atoms with E-state index in [0.29, 0.717) is 16.5 Å². The van der Waals surface area contributed by atoms with Gasteiger partial charge in [-0.2, -0.15) is 8.42 Å². The molecule has 0 aliphatic rings. The van der Waals surface area contributed by atoms with Crippen LogP contribution >= 0.6 is 11.6 Å². The summed E-state index contributed by atoms with van der Waals surface area (Å²) in [4.78, 5) is 13.6. The van der Waals surface area contributed by atoms with Gasteiger partial charge in [0, 0.05) is 22.5 Å². The van der Waals surface area contributed by atoms with E-state index in [1.54, 1.807) is 24.3 Å². The van der Waals surface area contributed by atoms with Crippen molar-refractivity contribution in [3.05, 3.63) is 82.3 Å². The number of hydrogen-bond acceptors (Lipinski definition) is 7. The van der Waals surface area contributed by atoms with E-state index in [2.05, 4.69) is 14.4 Å². The maximum Gasteiger partial charge on any atom is 0.417 e. The Hall–Kier alpha value is -3.74. The molecule has 0 saturated heterocycles. The molecule has 0 bridgehead atoms. The van der Waals surface area contributed by atoms with Gasteiger partial charge < -0.3 is 8.83 Å². The number of halogens is 1. The number of furan rings is 1. The van der Waals surface area contributed by atoms with Crippen molar-refractivity contribution in [1.82, 2.24) is 4.98 Å². The van der Waals surface area contributed by atoms with Crippen LogP contribution in [0.2, 0.25) is 5.02 Å². The molecule has 5 aromatic rings. The predicted molar refractivity (Wildman–Crippen MR) is 126 cm³/mol. The van der Waals surface area contributed by atoms with Gasteiger partial charge in [-0.05, 0) is 36.4 Å². The molecule has 174 valence electrons. The lowest BCUT2D eigenvalue weighted by molar-refractivity contribution is 0.484. The first kappa shape index (κ1) is 22.1. The molecule has 5 rings (SSSR count). The number of rotatable bonds is 6. The molecule has 13 heteroatoms. The molecule has 34 heavy (non-hydrogen) atoms. The Morgan fingerprint density at radius 2 is 1.53 bits per heavy atom. The average Bonchev–Trinajstić information content (AvgIpc) is 3.38. The SMILES string of the molecule is O=c1[nH]c2ccc(S(=O)(=O)Nc3ccc(Cl)cc3NS(=O)(=O)c3cc4ccccc4o3)cc2o1. The summed E-state index contributed by atoms with van der Waals surface area (Å²) < 4.78 is 66.8. The van der Waals surface area contributed by atoms with E-state index in [-0.39, 0.29) is 32.0 Å². The summed E-state index contributed by atoms with van der Waals surface area (Å²) in [6, 6.07) is 15.9. The van der Waals surface area contributed by atoms with Gasteiger partial charge in [0.05, 0.1) is 21.8 Å². The minimum absolute atomic E-state index is 0.0507. The molecule has 0 saturated carbocycles. The summed E-state index contributed by atoms with van der Waals surface area (Å²) in [5.41, 5.74) is 0.553. The van der Waals surface area contributed by atoms with Crippen LogP contribution in [0, 0.1) is 0 Å². The molecule has 3 aromatic carbocycles. The van der Waals surface area contributed by atoms with Crippen LogP contribution in [0.5, 0.6) is 0 Å². The monoisotopic (exact) mass is 519 g/mol. The van der Waals surface area contributed by atoms with E-state index >= 15 is 0 Å². The van der Waals surface area contributed by atoms with Crippen molar-refractivity contribution in [2.24, 2.45) is 0 Å². The number of sulfonamides is 2. The van der Waals surface area contributed by atoms with Gasteiger partial charge in [0.1, 0.15) is 5.58 Å². The van der Waals surface area contributed by atoms with E-state index < -0.39 is 25.8 Å². The summed E-state index contributed by atoms with van der Waals surface area (Å²) in [6.45, 7) is 0. The molecule has 2 aromatic heterocycles. The summed E-state index contributed by atoms with van der Waals surface area (Å²) >= 11 is 6.03. The van der Waals surface area contributed by atoms with Crippen LogP contribution in [-0.4, -0.2) is 21.8 Å². The Kier molecular flexibility index (Phi) is 5.15. The number of anilines is 2. The molecule has 0 aliphatic carbocycles. The Bertz CT molecular complexity index is 1800. The third-order valence-corrected chi connectivity index (χ3v) is 7.66. The fourth-order valence-electron chi connectivity index (χ4n) is 3.27. The number of H-pyrrole nitrogens is 1. The highest BCUT2D eigenvalue weighted by molar-refractivity contribution is 7.93. The van der Waals surface area contributed by atoms with Gasteiger partial charge in [0.2, 0.25) is 5.09 Å². The zero-order chi connectivity index (χ0) is 24.1. The van der Waals surface area contributed by atoms with Crippen molar-refractivity contribution >= 4 is 65.1 Å². The van der Waals surface area contributed by atoms with Gasteiger partial charge in [-0.15, -0.1) is 0 Å². The van der Waals surface area contributed by atoms with E-state index in [0.717, 1.165) is 0 Å². The smallest absolute Gasteiger partial charge is 0.417 e. The predicted octanol–water partition coefficient (Wildman–Crippen LogP) is 4.12. The number of fused-ring (bicyclic) bond motifs is 2. The number of benzene rings is 3. The van der Waals surface area contributed by atoms with Crippen LogP contribution in [-0.2, 0) is 20.0 Å². The van der Waals surface area contributed by atoms with Gasteiger partial charge in [-0.3, -0.25) is 14.4 Å². The Labute approximate surface area is 197 Å². The van der Waals surface area contributed by atoms with Crippen LogP contribution in [0.3, 0.4) is 0 Å². The van der Waals surface area contributed by atoms with Gasteiger partial charge in [-0.1, -0.05) is 29.8 Å². The highest BCUT2D eigenvalue weighted by Gasteiger charge is 2.23. The topological polar surface area (TPSA) is 151 Å². The zero-order valence-electron chi connectivity index (χ0n) is 16.9. The third kappa shape index (κ3) is 4.14. The van der Waals surface area contributed by atoms with Gasteiger partial charge in [-0.25, -0.2) is 13.2 Å². The lowest BCUT2D eigenvalue weighted by Gasteiger charge is -2.14. The van der Waals surface area contributed by atoms with E-state index in [9.17, 15) is 21.6 Å². The average molecular weight is 520 g/mol. The van der Waals surface area contributed by atoms with E-state index in [4.69, 9.17) is 20.4 Å². The van der Waals surface area contributed by atoms with Crippen molar-refractivity contribution in [3.63, 3.8) is 0 Å². The summed E-state index contributed by atoms with van der Waals surface area (Å²) in [7, 11) is -8.42. The molecule has 0 radical (unpaired) electrons. The maximum absolute atomic E-state index is 13.0. The minimum Gasteiger partial charge on any atom is -0.443 e. The highest BCUT2D eigenvalue weighted by Crippen LogP contribution is 2.32. The van der Waals surface area contributed by atoms with Crippen LogP contribution in [0.15, 0.2) is 90.3 Å². The lowest BCUT2D eigenvalue weighted by Crippen LogP contribution is -2.17. The van der Waals surface area contributed by atoms with Crippen molar-refractivity contribution in [1.29, 1.82) is 0 Å². The fraction of sp³-hybridized carbons (Fsp3) is 0. The Balaban J connectivity index is 1.50. The summed E-state index contributed by atoms with van der Waals surface area (Å²) in [5.74, 6) is -0.725. The van der Waals surface area contributed by atoms with Crippen molar-refractivity contribution in [2.75, 3.05) is 9.44 Å². The molecule has 0 amide bonds. The number of aromatic amines is 1. The van der Waals surface area contributed by atoms with Crippen LogP contribution < -0.4 is 15.2 Å². The number of nitrogens with one attached hydrogen (secondary N) is 3. The summed E-state index contributed by atoms with van der Waals surface area (Å²) in [5, 5.41) is 0.401. The van der Waals surface area contributed by atoms with Crippen LogP contribution in [0.1, 0.15) is 0 Å². The molecule has 10 nitrogen and oxygen atoms in total. The van der Waals surface area contributed by atoms with Gasteiger partial charge in [0.15, 0.2) is 5.58 Å². The lowest BCUT2D eigenvalue weighted by atomic mass is 10.3. The maximum atomic E-state index is 13.0. The molecule has 3 N–H and O–H groups in total. The van der Waals surface area contributed by atoms with Crippen molar-refractivity contribution < 1.29 is 25.7 Å². The molecule has 0 aliphatic heterocycles. The first-order valence-electron chi connectivity index (χ1n) is 9.57. The Morgan fingerprint density at radius 3 is 2.32 bits per heavy atom. The minimum atomic E-state index is -4.22. The van der Waals surface area contributed by atoms with E-state index in [1.165, 1.54) is 42.5 Å². The molecule has 0 fully saturated rings. The first-order chi connectivity index (χ1) is 16.1. The largest absolute Gasteiger partial charge is 0.443 e. The second-order valence-corrected chi connectivity index (χ2v) is 10.9. The normalized spacial score (nSPS) is 12.3. The molecule has 0 spiro atoms. The molecular formula is C21H14ClN3O7S2. The first-order valence-corrected chi connectivity index (χ1v) is 12.9. The molecule has 0 unspecified atom stereocenters. The number of oxazole rings is 1. The molecule has 2 heterocycles. The van der Waals surface area contributed by atoms with E-state index in [1.807, 2.05) is 0 Å². The standard InChI is InChI=1S/C21H14ClN3O7S2/c22-13-5-7-15(24-33(27,28)14-6-8-16-19(11-14)32-21(26)23-16)17(10-13)25-34(29,30)20-9-12-3-1-2-4-18(12)31-20/h1-11,24-25H,(H,23,26). The highest BCUT2D eigenvalue weighted by atomic mass is 35.5. The molecular weight excluding hydrogens is 506 g/mol. The van der Waals surface area contributed by atoms with Gasteiger partial charge >= 0.3 is 5.76 Å². The Morgan fingerprint density at radius 1 is 0.765 bits per heavy atom. The van der Waals surface area contributed by atoms with Gasteiger partial charge in [0.25, 0.3) is 20.0 Å². The number of para-hydroxylation sites is 1. The summed E-state index contributed by atoms with van der Waals surface area (Å²) in [6.07, 6.45) is 0. The van der Waals surface area contributed by atoms with Crippen LogP contribution in [0.4, 0.5) is 11.4 Å². The van der Waals surface area contributed by atoms with Crippen molar-refractivity contribution in [2.45, 2.75) is 9.99 Å². The fourth-order valence-corrected chi connectivity index (χ4v) is 5.58. The quantitative estimate of drug-likeness (QED) is 0.305. The second-order valence-electron chi connectivity index (χ2n) is 7.18. The second kappa shape index (κ2) is 7.94. The number of aromatic nitrogens is 1.